The summed E-state index contributed by atoms with van der Waals surface area (Å²) in [5.74, 6) is 0.663. The van der Waals surface area contributed by atoms with Gasteiger partial charge < -0.3 is 10.1 Å². The Kier molecular flexibility index (Phi) is 5.68. The van der Waals surface area contributed by atoms with Crippen molar-refractivity contribution in [2.24, 2.45) is 0 Å². The van der Waals surface area contributed by atoms with E-state index in [1.807, 2.05) is 62.4 Å². The summed E-state index contributed by atoms with van der Waals surface area (Å²) in [4.78, 5) is 17.6. The number of benzene rings is 2. The number of nitrogens with zero attached hydrogens (tertiary/aromatic N) is 1. The smallest absolute Gasteiger partial charge is 0.267 e. The van der Waals surface area contributed by atoms with Gasteiger partial charge in [0.1, 0.15) is 22.2 Å². The third-order valence-corrected chi connectivity index (χ3v) is 5.18. The second kappa shape index (κ2) is 8.15. The molecule has 1 N–H and O–H groups in total. The first-order valence-electron chi connectivity index (χ1n) is 8.61. The van der Waals surface area contributed by atoms with Crippen molar-refractivity contribution in [1.82, 2.24) is 4.98 Å². The van der Waals surface area contributed by atoms with Crippen molar-refractivity contribution >= 4 is 22.9 Å². The van der Waals surface area contributed by atoms with Gasteiger partial charge in [0.05, 0.1) is 5.69 Å². The number of ether oxygens (including phenoxy) is 1. The molecular weight excluding hydrogens is 344 g/mol. The fourth-order valence-corrected chi connectivity index (χ4v) is 3.39. The number of hydrogen-bond acceptors (Lipinski definition) is 4. The average Bonchev–Trinajstić information content (AvgIpc) is 3.03. The monoisotopic (exact) mass is 366 g/mol. The molecule has 0 radical (unpaired) electrons. The van der Waals surface area contributed by atoms with Crippen LogP contribution in [0.4, 0.5) is 5.69 Å². The molecule has 3 aromatic rings. The molecule has 0 aliphatic heterocycles. The van der Waals surface area contributed by atoms with Gasteiger partial charge in [-0.3, -0.25) is 4.79 Å². The quantitative estimate of drug-likeness (QED) is 0.656. The molecule has 2 aromatic carbocycles. The summed E-state index contributed by atoms with van der Waals surface area (Å²) < 4.78 is 5.76. The molecule has 0 aliphatic carbocycles. The van der Waals surface area contributed by atoms with Gasteiger partial charge in [-0.2, -0.15) is 0 Å². The summed E-state index contributed by atoms with van der Waals surface area (Å²) in [6.45, 7) is 6.34. The fraction of sp³-hybridized carbons (Fsp3) is 0.238. The highest BCUT2D eigenvalue weighted by atomic mass is 32.1. The van der Waals surface area contributed by atoms with E-state index in [0.29, 0.717) is 11.5 Å². The normalized spacial score (nSPS) is 10.6. The van der Waals surface area contributed by atoms with Gasteiger partial charge in [-0.15, -0.1) is 11.3 Å². The van der Waals surface area contributed by atoms with E-state index in [1.165, 1.54) is 22.5 Å². The Morgan fingerprint density at radius 3 is 2.42 bits per heavy atom. The van der Waals surface area contributed by atoms with E-state index in [9.17, 15) is 4.79 Å². The molecule has 0 spiro atoms. The second-order valence-electron chi connectivity index (χ2n) is 6.13. The van der Waals surface area contributed by atoms with E-state index in [-0.39, 0.29) is 5.91 Å². The number of amides is 1. The van der Waals surface area contributed by atoms with Crippen molar-refractivity contribution in [2.75, 3.05) is 5.32 Å². The highest BCUT2D eigenvalue weighted by Gasteiger charge is 2.16. The SMILES string of the molecule is CCc1ccc(NC(=O)c2sc(COc3ccc(C)cc3)nc2C)cc1. The standard InChI is InChI=1S/C21H22N2O2S/c1-4-16-7-9-17(10-8-16)23-21(24)20-15(3)22-19(26-20)13-25-18-11-5-14(2)6-12-18/h5-12H,4,13H2,1-3H3,(H,23,24). The molecule has 0 aliphatic rings. The Bertz CT molecular complexity index is 883. The van der Waals surface area contributed by atoms with Gasteiger partial charge >= 0.3 is 0 Å². The van der Waals surface area contributed by atoms with Crippen molar-refractivity contribution in [2.45, 2.75) is 33.8 Å². The highest BCUT2D eigenvalue weighted by molar-refractivity contribution is 7.13. The van der Waals surface area contributed by atoms with E-state index in [2.05, 4.69) is 17.2 Å². The van der Waals surface area contributed by atoms with Gasteiger partial charge in [-0.1, -0.05) is 36.8 Å². The zero-order valence-corrected chi connectivity index (χ0v) is 16.0. The molecule has 0 fully saturated rings. The molecule has 1 amide bonds. The van der Waals surface area contributed by atoms with Gasteiger partial charge in [-0.05, 0) is 50.1 Å². The van der Waals surface area contributed by atoms with Gasteiger partial charge in [0.15, 0.2) is 0 Å². The molecule has 4 nitrogen and oxygen atoms in total. The van der Waals surface area contributed by atoms with Gasteiger partial charge in [-0.25, -0.2) is 4.98 Å². The number of carbonyl (C=O) groups excluding carboxylic acids is 1. The zero-order valence-electron chi connectivity index (χ0n) is 15.2. The Balaban J connectivity index is 1.64. The molecule has 134 valence electrons. The van der Waals surface area contributed by atoms with Crippen LogP contribution in [-0.2, 0) is 13.0 Å². The Hall–Kier alpha value is -2.66. The summed E-state index contributed by atoms with van der Waals surface area (Å²) in [5.41, 5.74) is 3.94. The third kappa shape index (κ3) is 4.49. The molecule has 0 unspecified atom stereocenters. The summed E-state index contributed by atoms with van der Waals surface area (Å²) in [6.07, 6.45) is 0.979. The van der Waals surface area contributed by atoms with Crippen LogP contribution in [0, 0.1) is 13.8 Å². The molecule has 3 rings (SSSR count). The molecular formula is C21H22N2O2S. The molecule has 1 aromatic heterocycles. The maximum atomic E-state index is 12.5. The van der Waals surface area contributed by atoms with E-state index >= 15 is 0 Å². The number of rotatable bonds is 6. The number of nitrogens with one attached hydrogen (secondary N) is 1. The lowest BCUT2D eigenvalue weighted by molar-refractivity contribution is 0.103. The number of aryl methyl sites for hydroxylation is 3. The van der Waals surface area contributed by atoms with Crippen LogP contribution in [0.15, 0.2) is 48.5 Å². The number of aromatic nitrogens is 1. The molecule has 5 heteroatoms. The highest BCUT2D eigenvalue weighted by Crippen LogP contribution is 2.22. The van der Waals surface area contributed by atoms with Crippen molar-refractivity contribution in [1.29, 1.82) is 0 Å². The number of hydrogen-bond donors (Lipinski definition) is 1. The molecule has 0 atom stereocenters. The largest absolute Gasteiger partial charge is 0.486 e. The molecule has 26 heavy (non-hydrogen) atoms. The van der Waals surface area contributed by atoms with E-state index in [1.54, 1.807) is 0 Å². The van der Waals surface area contributed by atoms with Crippen molar-refractivity contribution in [3.63, 3.8) is 0 Å². The van der Waals surface area contributed by atoms with Crippen LogP contribution in [0.5, 0.6) is 5.75 Å². The molecule has 0 saturated heterocycles. The van der Waals surface area contributed by atoms with Crippen LogP contribution in [0.1, 0.15) is 38.4 Å². The topological polar surface area (TPSA) is 51.2 Å². The first-order chi connectivity index (χ1) is 12.5. The Labute approximate surface area is 157 Å². The molecule has 0 saturated carbocycles. The minimum atomic E-state index is -0.133. The van der Waals surface area contributed by atoms with Gasteiger partial charge in [0, 0.05) is 5.69 Å². The zero-order chi connectivity index (χ0) is 18.5. The van der Waals surface area contributed by atoms with Crippen LogP contribution >= 0.6 is 11.3 Å². The predicted octanol–water partition coefficient (Wildman–Crippen LogP) is 5.15. The average molecular weight is 366 g/mol. The maximum Gasteiger partial charge on any atom is 0.267 e. The van der Waals surface area contributed by atoms with Crippen molar-refractivity contribution in [3.8, 4) is 5.75 Å². The van der Waals surface area contributed by atoms with Crippen LogP contribution in [0.2, 0.25) is 0 Å². The lowest BCUT2D eigenvalue weighted by atomic mass is 10.1. The van der Waals surface area contributed by atoms with Crippen LogP contribution in [0.25, 0.3) is 0 Å². The van der Waals surface area contributed by atoms with Crippen molar-refractivity contribution < 1.29 is 9.53 Å². The third-order valence-electron chi connectivity index (χ3n) is 4.05. The van der Waals surface area contributed by atoms with E-state index in [0.717, 1.165) is 28.6 Å². The first kappa shape index (κ1) is 18.1. The lowest BCUT2D eigenvalue weighted by Gasteiger charge is -2.05. The van der Waals surface area contributed by atoms with Crippen LogP contribution in [-0.4, -0.2) is 10.9 Å². The molecule has 1 heterocycles. The first-order valence-corrected chi connectivity index (χ1v) is 9.43. The number of thiazole rings is 1. The van der Waals surface area contributed by atoms with Gasteiger partial charge in [0.2, 0.25) is 0 Å². The van der Waals surface area contributed by atoms with Crippen LogP contribution in [0.3, 0.4) is 0 Å². The predicted molar refractivity (Wildman–Crippen MR) is 106 cm³/mol. The minimum Gasteiger partial charge on any atom is -0.486 e. The lowest BCUT2D eigenvalue weighted by Crippen LogP contribution is -2.11. The van der Waals surface area contributed by atoms with Gasteiger partial charge in [0.25, 0.3) is 5.91 Å². The van der Waals surface area contributed by atoms with Crippen LogP contribution < -0.4 is 10.1 Å². The van der Waals surface area contributed by atoms with E-state index < -0.39 is 0 Å². The Morgan fingerprint density at radius 2 is 1.77 bits per heavy atom. The fourth-order valence-electron chi connectivity index (χ4n) is 2.52. The summed E-state index contributed by atoms with van der Waals surface area (Å²) in [7, 11) is 0. The molecule has 0 bridgehead atoms. The summed E-state index contributed by atoms with van der Waals surface area (Å²) in [6, 6.07) is 15.8. The Morgan fingerprint density at radius 1 is 1.08 bits per heavy atom. The maximum absolute atomic E-state index is 12.5. The number of carbonyl (C=O) groups is 1. The minimum absolute atomic E-state index is 0.133. The van der Waals surface area contributed by atoms with Crippen molar-refractivity contribution in [3.05, 3.63) is 75.2 Å². The second-order valence-corrected chi connectivity index (χ2v) is 7.21. The van der Waals surface area contributed by atoms with E-state index in [4.69, 9.17) is 4.74 Å². The number of anilines is 1. The summed E-state index contributed by atoms with van der Waals surface area (Å²) >= 11 is 1.37. The summed E-state index contributed by atoms with van der Waals surface area (Å²) in [5, 5.41) is 3.72.